The lowest BCUT2D eigenvalue weighted by Crippen LogP contribution is -2.01. The number of Topliss-reactive ketones (excluding diaryl/α,β-unsaturated/α-hetero) is 1. The summed E-state index contributed by atoms with van der Waals surface area (Å²) < 4.78 is 0. The summed E-state index contributed by atoms with van der Waals surface area (Å²) in [6, 6.07) is 5.49. The molecule has 2 rings (SSSR count). The molecule has 0 aliphatic carbocycles. The van der Waals surface area contributed by atoms with Crippen molar-refractivity contribution in [2.45, 2.75) is 24.0 Å². The van der Waals surface area contributed by atoms with E-state index in [2.05, 4.69) is 41.8 Å². The average Bonchev–Trinajstić information content (AvgIpc) is 2.44. The van der Waals surface area contributed by atoms with Gasteiger partial charge >= 0.3 is 0 Å². The van der Waals surface area contributed by atoms with Gasteiger partial charge in [0.05, 0.1) is 22.4 Å². The largest absolute Gasteiger partial charge is 0.294 e. The molecule has 1 aromatic heterocycles. The fraction of sp³-hybridized carbons (Fsp3) is 0.308. The number of halogens is 2. The van der Waals surface area contributed by atoms with Crippen molar-refractivity contribution in [2.24, 2.45) is 0 Å². The van der Waals surface area contributed by atoms with Gasteiger partial charge in [-0.3, -0.25) is 4.79 Å². The quantitative estimate of drug-likeness (QED) is 0.602. The number of fused-ring (bicyclic) bond motifs is 1. The molecule has 0 atom stereocenters. The zero-order valence-corrected chi connectivity index (χ0v) is 13.1. The molecule has 0 N–H and O–H groups in total. The number of nitrogens with zero attached hydrogens (tertiary/aromatic N) is 2. The third-order valence-corrected chi connectivity index (χ3v) is 3.78. The van der Waals surface area contributed by atoms with Crippen LogP contribution in [0.2, 0.25) is 0 Å². The number of ketones is 1. The summed E-state index contributed by atoms with van der Waals surface area (Å²) in [5.41, 5.74) is 4.12. The van der Waals surface area contributed by atoms with E-state index in [1.165, 1.54) is 0 Å². The molecule has 18 heavy (non-hydrogen) atoms. The van der Waals surface area contributed by atoms with Crippen LogP contribution in [-0.2, 0) is 10.7 Å². The molecule has 1 heterocycles. The smallest absolute Gasteiger partial charge is 0.162 e. The van der Waals surface area contributed by atoms with Crippen molar-refractivity contribution in [3.63, 3.8) is 0 Å². The van der Waals surface area contributed by atoms with Gasteiger partial charge in [-0.05, 0) is 18.2 Å². The minimum Gasteiger partial charge on any atom is -0.294 e. The summed E-state index contributed by atoms with van der Waals surface area (Å²) in [6.07, 6.45) is 0.504. The Kier molecular flexibility index (Phi) is 4.45. The van der Waals surface area contributed by atoms with Crippen LogP contribution < -0.4 is 0 Å². The molecule has 0 bridgehead atoms. The highest BCUT2D eigenvalue weighted by Gasteiger charge is 2.09. The number of aromatic nitrogens is 2. The van der Waals surface area contributed by atoms with Gasteiger partial charge in [0.1, 0.15) is 0 Å². The third-order valence-electron chi connectivity index (χ3n) is 2.72. The summed E-state index contributed by atoms with van der Waals surface area (Å²) in [4.78, 5) is 20.8. The molecule has 0 radical (unpaired) electrons. The molecule has 5 heteroatoms. The Morgan fingerprint density at radius 3 is 2.28 bits per heavy atom. The first-order chi connectivity index (χ1) is 8.69. The molecule has 0 saturated heterocycles. The first kappa shape index (κ1) is 13.6. The molecule has 0 fully saturated rings. The summed E-state index contributed by atoms with van der Waals surface area (Å²) in [5.74, 6) is 0.128. The summed E-state index contributed by atoms with van der Waals surface area (Å²) in [7, 11) is 0. The van der Waals surface area contributed by atoms with Crippen LogP contribution in [0, 0.1) is 0 Å². The molecule has 0 aliphatic heterocycles. The van der Waals surface area contributed by atoms with E-state index < -0.39 is 0 Å². The predicted octanol–water partition coefficient (Wildman–Crippen LogP) is 4.01. The summed E-state index contributed by atoms with van der Waals surface area (Å²) in [6.45, 7) is 1.86. The number of alkyl halides is 2. The molecular weight excluding hydrogens is 360 g/mol. The first-order valence-corrected chi connectivity index (χ1v) is 7.88. The molecule has 94 valence electrons. The van der Waals surface area contributed by atoms with E-state index in [-0.39, 0.29) is 5.78 Å². The maximum Gasteiger partial charge on any atom is 0.162 e. The van der Waals surface area contributed by atoms with Gasteiger partial charge in [0.15, 0.2) is 5.78 Å². The maximum atomic E-state index is 11.7. The standard InChI is InChI=1S/C13H12Br2N2O/c1-2-13(18)8-3-4-9-10(5-8)17-12(7-15)11(6-14)16-9/h3-5H,2,6-7H2,1H3. The number of carbonyl (C=O) groups is 1. The Bertz CT molecular complexity index is 599. The van der Waals surface area contributed by atoms with Crippen LogP contribution in [0.3, 0.4) is 0 Å². The zero-order valence-electron chi connectivity index (χ0n) is 9.91. The van der Waals surface area contributed by atoms with E-state index in [9.17, 15) is 4.79 Å². The van der Waals surface area contributed by atoms with E-state index in [0.29, 0.717) is 22.6 Å². The van der Waals surface area contributed by atoms with Crippen LogP contribution >= 0.6 is 31.9 Å². The summed E-state index contributed by atoms with van der Waals surface area (Å²) in [5, 5.41) is 1.33. The Morgan fingerprint density at radius 1 is 1.11 bits per heavy atom. The molecule has 0 spiro atoms. The van der Waals surface area contributed by atoms with Gasteiger partial charge in [0.2, 0.25) is 0 Å². The van der Waals surface area contributed by atoms with Crippen molar-refractivity contribution < 1.29 is 4.79 Å². The molecule has 0 amide bonds. The molecule has 0 saturated carbocycles. The van der Waals surface area contributed by atoms with E-state index in [1.807, 2.05) is 25.1 Å². The van der Waals surface area contributed by atoms with Crippen molar-refractivity contribution in [3.05, 3.63) is 35.2 Å². The van der Waals surface area contributed by atoms with Crippen LogP contribution in [0.5, 0.6) is 0 Å². The number of carbonyl (C=O) groups excluding carboxylic acids is 1. The van der Waals surface area contributed by atoms with Crippen molar-refractivity contribution in [1.82, 2.24) is 9.97 Å². The predicted molar refractivity (Wildman–Crippen MR) is 79.4 cm³/mol. The van der Waals surface area contributed by atoms with E-state index >= 15 is 0 Å². The van der Waals surface area contributed by atoms with Gasteiger partial charge in [-0.15, -0.1) is 0 Å². The van der Waals surface area contributed by atoms with Crippen LogP contribution in [0.15, 0.2) is 18.2 Å². The van der Waals surface area contributed by atoms with Crippen molar-refractivity contribution in [2.75, 3.05) is 0 Å². The number of hydrogen-bond acceptors (Lipinski definition) is 3. The zero-order chi connectivity index (χ0) is 13.1. The van der Waals surface area contributed by atoms with E-state index in [4.69, 9.17) is 0 Å². The molecule has 3 nitrogen and oxygen atoms in total. The topological polar surface area (TPSA) is 42.9 Å². The maximum absolute atomic E-state index is 11.7. The lowest BCUT2D eigenvalue weighted by molar-refractivity contribution is 0.0988. The van der Waals surface area contributed by atoms with Gasteiger partial charge in [-0.2, -0.15) is 0 Å². The third kappa shape index (κ3) is 2.62. The first-order valence-electron chi connectivity index (χ1n) is 5.64. The minimum absolute atomic E-state index is 0.128. The van der Waals surface area contributed by atoms with Gasteiger partial charge < -0.3 is 0 Å². The Balaban J connectivity index is 2.59. The van der Waals surface area contributed by atoms with Gasteiger partial charge in [0, 0.05) is 22.6 Å². The highest BCUT2D eigenvalue weighted by molar-refractivity contribution is 9.09. The molecule has 1 aromatic carbocycles. The molecule has 2 aromatic rings. The second-order valence-corrected chi connectivity index (χ2v) is 4.99. The van der Waals surface area contributed by atoms with Crippen LogP contribution in [0.25, 0.3) is 11.0 Å². The SMILES string of the molecule is CCC(=O)c1ccc2nc(CBr)c(CBr)nc2c1. The number of rotatable bonds is 4. The highest BCUT2D eigenvalue weighted by atomic mass is 79.9. The summed E-state index contributed by atoms with van der Waals surface area (Å²) >= 11 is 6.81. The Hall–Kier alpha value is -0.810. The number of benzene rings is 1. The monoisotopic (exact) mass is 370 g/mol. The van der Waals surface area contributed by atoms with E-state index in [0.717, 1.165) is 22.4 Å². The van der Waals surface area contributed by atoms with Crippen molar-refractivity contribution in [3.8, 4) is 0 Å². The molecular formula is C13H12Br2N2O. The van der Waals surface area contributed by atoms with Gasteiger partial charge in [-0.25, -0.2) is 9.97 Å². The minimum atomic E-state index is 0.128. The van der Waals surface area contributed by atoms with Crippen molar-refractivity contribution in [1.29, 1.82) is 0 Å². The number of hydrogen-bond donors (Lipinski definition) is 0. The lowest BCUT2D eigenvalue weighted by atomic mass is 10.1. The van der Waals surface area contributed by atoms with Crippen LogP contribution in [0.4, 0.5) is 0 Å². The second kappa shape index (κ2) is 5.89. The Morgan fingerprint density at radius 2 is 1.72 bits per heavy atom. The van der Waals surface area contributed by atoms with Crippen LogP contribution in [0.1, 0.15) is 35.1 Å². The molecule has 0 unspecified atom stereocenters. The van der Waals surface area contributed by atoms with E-state index in [1.54, 1.807) is 0 Å². The highest BCUT2D eigenvalue weighted by Crippen LogP contribution is 2.19. The van der Waals surface area contributed by atoms with Crippen LogP contribution in [-0.4, -0.2) is 15.8 Å². The second-order valence-electron chi connectivity index (χ2n) is 3.86. The Labute approximate surface area is 122 Å². The van der Waals surface area contributed by atoms with Crippen molar-refractivity contribution >= 4 is 48.7 Å². The van der Waals surface area contributed by atoms with Gasteiger partial charge in [0.25, 0.3) is 0 Å². The molecule has 0 aliphatic rings. The fourth-order valence-corrected chi connectivity index (χ4v) is 2.62. The average molecular weight is 372 g/mol. The van der Waals surface area contributed by atoms with Gasteiger partial charge in [-0.1, -0.05) is 38.8 Å². The lowest BCUT2D eigenvalue weighted by Gasteiger charge is -2.06. The fourth-order valence-electron chi connectivity index (χ4n) is 1.72. The normalized spacial score (nSPS) is 10.8.